The number of sulfonamides is 1. The molecule has 2 heterocycles. The lowest BCUT2D eigenvalue weighted by atomic mass is 10.1. The first kappa shape index (κ1) is 20.2. The zero-order chi connectivity index (χ0) is 19.6. The molecule has 1 aromatic heterocycles. The Hall–Kier alpha value is -1.52. The molecule has 3 rings (SSSR count). The summed E-state index contributed by atoms with van der Waals surface area (Å²) in [5.74, 6) is -1.23. The van der Waals surface area contributed by atoms with E-state index in [4.69, 9.17) is 11.6 Å². The minimum atomic E-state index is -3.75. The van der Waals surface area contributed by atoms with Gasteiger partial charge in [0.05, 0.1) is 14.8 Å². The molecular formula is C17H19ClFN3O3S2. The van der Waals surface area contributed by atoms with Crippen LogP contribution in [0.5, 0.6) is 0 Å². The van der Waals surface area contributed by atoms with Crippen LogP contribution in [0.1, 0.15) is 15.2 Å². The van der Waals surface area contributed by atoms with Gasteiger partial charge in [0.1, 0.15) is 5.82 Å². The van der Waals surface area contributed by atoms with E-state index in [9.17, 15) is 17.6 Å². The van der Waals surface area contributed by atoms with Gasteiger partial charge in [-0.25, -0.2) is 17.5 Å². The number of hydrogen-bond acceptors (Lipinski definition) is 5. The van der Waals surface area contributed by atoms with Crippen LogP contribution in [0.3, 0.4) is 0 Å². The normalized spacial score (nSPS) is 15.9. The summed E-state index contributed by atoms with van der Waals surface area (Å²) >= 11 is 7.47. The van der Waals surface area contributed by atoms with E-state index < -0.39 is 21.7 Å². The number of carbonyl (C=O) groups is 1. The van der Waals surface area contributed by atoms with Crippen molar-refractivity contribution < 1.29 is 17.6 Å². The van der Waals surface area contributed by atoms with Gasteiger partial charge in [-0.05, 0) is 37.4 Å². The molecule has 10 heteroatoms. The van der Waals surface area contributed by atoms with Crippen molar-refractivity contribution in [2.24, 2.45) is 0 Å². The molecule has 1 aromatic carbocycles. The molecule has 1 amide bonds. The average Bonchev–Trinajstić information content (AvgIpc) is 3.06. The van der Waals surface area contributed by atoms with Gasteiger partial charge in [-0.2, -0.15) is 0 Å². The van der Waals surface area contributed by atoms with Crippen LogP contribution in [0.15, 0.2) is 35.2 Å². The number of carbonyl (C=O) groups excluding carboxylic acids is 1. The maximum Gasteiger partial charge on any atom is 0.256 e. The third-order valence-electron chi connectivity index (χ3n) is 4.42. The SMILES string of the molecule is CNS(=O)(=O)c1ccc(F)c(C(=O)N2CCN(Cc3ccc(Cl)s3)CC2)c1. The third kappa shape index (κ3) is 4.67. The third-order valence-corrected chi connectivity index (χ3v) is 7.04. The highest BCUT2D eigenvalue weighted by Gasteiger charge is 2.26. The van der Waals surface area contributed by atoms with Crippen LogP contribution in [0.4, 0.5) is 4.39 Å². The van der Waals surface area contributed by atoms with E-state index in [0.717, 1.165) is 34.0 Å². The van der Waals surface area contributed by atoms with E-state index >= 15 is 0 Å². The highest BCUT2D eigenvalue weighted by atomic mass is 35.5. The molecule has 1 aliphatic heterocycles. The number of amides is 1. The molecule has 0 unspecified atom stereocenters. The zero-order valence-corrected chi connectivity index (χ0v) is 17.0. The Labute approximate surface area is 166 Å². The molecule has 2 aromatic rings. The van der Waals surface area contributed by atoms with Gasteiger partial charge in [0.2, 0.25) is 10.0 Å². The molecule has 1 N–H and O–H groups in total. The highest BCUT2D eigenvalue weighted by molar-refractivity contribution is 7.89. The van der Waals surface area contributed by atoms with Crippen molar-refractivity contribution >= 4 is 38.9 Å². The number of nitrogens with zero attached hydrogens (tertiary/aromatic N) is 2. The maximum atomic E-state index is 14.1. The number of halogens is 2. The Morgan fingerprint density at radius 1 is 1.22 bits per heavy atom. The summed E-state index contributed by atoms with van der Waals surface area (Å²) in [7, 11) is -2.48. The molecule has 0 saturated carbocycles. The Bertz CT molecular complexity index is 941. The summed E-state index contributed by atoms with van der Waals surface area (Å²) in [6, 6.07) is 7.07. The summed E-state index contributed by atoms with van der Waals surface area (Å²) in [4.78, 5) is 17.5. The predicted molar refractivity (Wildman–Crippen MR) is 103 cm³/mol. The van der Waals surface area contributed by atoms with Gasteiger partial charge in [0, 0.05) is 37.6 Å². The second-order valence-electron chi connectivity index (χ2n) is 6.12. The fourth-order valence-electron chi connectivity index (χ4n) is 2.89. The number of nitrogens with one attached hydrogen (secondary N) is 1. The number of hydrogen-bond donors (Lipinski definition) is 1. The predicted octanol–water partition coefficient (Wildman–Crippen LogP) is 2.41. The maximum absolute atomic E-state index is 14.1. The topological polar surface area (TPSA) is 69.7 Å². The van der Waals surface area contributed by atoms with Crippen LogP contribution in [-0.2, 0) is 16.6 Å². The second kappa shape index (κ2) is 8.24. The Morgan fingerprint density at radius 3 is 2.52 bits per heavy atom. The lowest BCUT2D eigenvalue weighted by Gasteiger charge is -2.34. The first-order valence-corrected chi connectivity index (χ1v) is 11.0. The van der Waals surface area contributed by atoms with Gasteiger partial charge in [0.15, 0.2) is 0 Å². The minimum Gasteiger partial charge on any atom is -0.336 e. The minimum absolute atomic E-state index is 0.136. The van der Waals surface area contributed by atoms with Gasteiger partial charge >= 0.3 is 0 Å². The van der Waals surface area contributed by atoms with Crippen molar-refractivity contribution in [3.8, 4) is 0 Å². The molecule has 0 bridgehead atoms. The average molecular weight is 432 g/mol. The first-order chi connectivity index (χ1) is 12.8. The summed E-state index contributed by atoms with van der Waals surface area (Å²) in [6.45, 7) is 2.94. The van der Waals surface area contributed by atoms with Gasteiger partial charge in [-0.15, -0.1) is 11.3 Å². The Kier molecular flexibility index (Phi) is 6.17. The lowest BCUT2D eigenvalue weighted by molar-refractivity contribution is 0.0625. The highest BCUT2D eigenvalue weighted by Crippen LogP contribution is 2.23. The first-order valence-electron chi connectivity index (χ1n) is 8.29. The number of rotatable bonds is 5. The van der Waals surface area contributed by atoms with Gasteiger partial charge in [-0.3, -0.25) is 9.69 Å². The van der Waals surface area contributed by atoms with E-state index in [-0.39, 0.29) is 10.5 Å². The van der Waals surface area contributed by atoms with Crippen LogP contribution >= 0.6 is 22.9 Å². The van der Waals surface area contributed by atoms with E-state index in [1.54, 1.807) is 4.90 Å². The number of benzene rings is 1. The van der Waals surface area contributed by atoms with Crippen LogP contribution in [-0.4, -0.2) is 57.4 Å². The monoisotopic (exact) mass is 431 g/mol. The van der Waals surface area contributed by atoms with Crippen LogP contribution in [0.2, 0.25) is 4.34 Å². The van der Waals surface area contributed by atoms with Crippen LogP contribution in [0, 0.1) is 5.82 Å². The van der Waals surface area contributed by atoms with Gasteiger partial charge in [0.25, 0.3) is 5.91 Å². The molecule has 27 heavy (non-hydrogen) atoms. The summed E-state index contributed by atoms with van der Waals surface area (Å²) in [6.07, 6.45) is 0. The smallest absolute Gasteiger partial charge is 0.256 e. The molecule has 146 valence electrons. The Balaban J connectivity index is 1.68. The summed E-state index contributed by atoms with van der Waals surface area (Å²) in [5.41, 5.74) is -0.232. The zero-order valence-electron chi connectivity index (χ0n) is 14.6. The molecule has 1 saturated heterocycles. The number of thiophene rings is 1. The molecule has 0 radical (unpaired) electrons. The largest absolute Gasteiger partial charge is 0.336 e. The standard InChI is InChI=1S/C17H19ClFN3O3S2/c1-20-27(24,25)13-3-4-15(19)14(10-13)17(23)22-8-6-21(7-9-22)11-12-2-5-16(18)26-12/h2-5,10,20H,6-9,11H2,1H3. The van der Waals surface area contributed by atoms with Crippen molar-refractivity contribution in [1.82, 2.24) is 14.5 Å². The lowest BCUT2D eigenvalue weighted by Crippen LogP contribution is -2.48. The molecule has 0 spiro atoms. The quantitative estimate of drug-likeness (QED) is 0.789. The van der Waals surface area contributed by atoms with Crippen LogP contribution in [0.25, 0.3) is 0 Å². The summed E-state index contributed by atoms with van der Waals surface area (Å²) < 4.78 is 40.9. The molecule has 1 aliphatic rings. The van der Waals surface area contributed by atoms with E-state index in [1.165, 1.54) is 18.4 Å². The molecular weight excluding hydrogens is 413 g/mol. The van der Waals surface area contributed by atoms with Crippen molar-refractivity contribution in [2.75, 3.05) is 33.2 Å². The molecule has 1 fully saturated rings. The van der Waals surface area contributed by atoms with Crippen molar-refractivity contribution in [2.45, 2.75) is 11.4 Å². The van der Waals surface area contributed by atoms with Crippen molar-refractivity contribution in [3.63, 3.8) is 0 Å². The van der Waals surface area contributed by atoms with Gasteiger partial charge < -0.3 is 4.90 Å². The number of piperazine rings is 1. The molecule has 6 nitrogen and oxygen atoms in total. The van der Waals surface area contributed by atoms with E-state index in [1.807, 2.05) is 12.1 Å². The van der Waals surface area contributed by atoms with Crippen molar-refractivity contribution in [1.29, 1.82) is 0 Å². The van der Waals surface area contributed by atoms with Crippen molar-refractivity contribution in [3.05, 3.63) is 50.9 Å². The van der Waals surface area contributed by atoms with E-state index in [2.05, 4.69) is 9.62 Å². The molecule has 0 atom stereocenters. The Morgan fingerprint density at radius 2 is 1.93 bits per heavy atom. The van der Waals surface area contributed by atoms with Gasteiger partial charge in [-0.1, -0.05) is 11.6 Å². The van der Waals surface area contributed by atoms with Crippen LogP contribution < -0.4 is 4.72 Å². The second-order valence-corrected chi connectivity index (χ2v) is 9.81. The fourth-order valence-corrected chi connectivity index (χ4v) is 4.78. The summed E-state index contributed by atoms with van der Waals surface area (Å²) in [5, 5.41) is 0. The van der Waals surface area contributed by atoms with E-state index in [0.29, 0.717) is 26.2 Å². The fraction of sp³-hybridized carbons (Fsp3) is 0.353. The molecule has 0 aliphatic carbocycles.